The van der Waals surface area contributed by atoms with E-state index in [0.717, 1.165) is 16.0 Å². The number of rotatable bonds is 5. The Morgan fingerprint density at radius 2 is 2.29 bits per heavy atom. The van der Waals surface area contributed by atoms with Gasteiger partial charge in [0.1, 0.15) is 22.7 Å². The molecule has 0 radical (unpaired) electrons. The molecular weight excluding hydrogens is 328 g/mol. The first-order valence-corrected chi connectivity index (χ1v) is 8.77. The maximum Gasteiger partial charge on any atom is 0.331 e. The summed E-state index contributed by atoms with van der Waals surface area (Å²) in [4.78, 5) is 29.5. The monoisotopic (exact) mass is 346 g/mol. The second-order valence-electron chi connectivity index (χ2n) is 5.64. The molecule has 1 atom stereocenters. The van der Waals surface area contributed by atoms with Crippen molar-refractivity contribution in [1.82, 2.24) is 14.1 Å². The predicted octanol–water partition coefficient (Wildman–Crippen LogP) is 1.43. The van der Waals surface area contributed by atoms with Gasteiger partial charge in [-0.25, -0.2) is 9.78 Å². The first kappa shape index (κ1) is 16.6. The third-order valence-electron chi connectivity index (χ3n) is 4.10. The van der Waals surface area contributed by atoms with Crippen LogP contribution in [0.1, 0.15) is 48.3 Å². The summed E-state index contributed by atoms with van der Waals surface area (Å²) in [5.74, 6) is 0. The van der Waals surface area contributed by atoms with Crippen molar-refractivity contribution in [2.24, 2.45) is 0 Å². The smallest absolute Gasteiger partial charge is 0.331 e. The molecule has 1 aliphatic rings. The van der Waals surface area contributed by atoms with Crippen LogP contribution in [0.5, 0.6) is 0 Å². The maximum absolute atomic E-state index is 12.6. The van der Waals surface area contributed by atoms with Gasteiger partial charge in [-0.3, -0.25) is 13.9 Å². The molecular formula is C16H18N4O3S. The van der Waals surface area contributed by atoms with Crippen LogP contribution >= 0.6 is 11.3 Å². The van der Waals surface area contributed by atoms with Gasteiger partial charge >= 0.3 is 5.69 Å². The molecule has 1 unspecified atom stereocenters. The summed E-state index contributed by atoms with van der Waals surface area (Å²) in [5.41, 5.74) is 0.378. The number of nitriles is 1. The van der Waals surface area contributed by atoms with E-state index in [9.17, 15) is 14.9 Å². The highest BCUT2D eigenvalue weighted by Gasteiger charge is 2.23. The Labute approximate surface area is 142 Å². The molecule has 0 amide bonds. The second-order valence-corrected chi connectivity index (χ2v) is 6.53. The van der Waals surface area contributed by atoms with E-state index in [4.69, 9.17) is 4.74 Å². The standard InChI is InChI=1S/C16H18N4O3S/c1-3-23-10(2)14-18-11(9-24-14)8-20-15(21)12(7-17)13-5-4-6-19(13)16(20)22/h9-10H,3-6,8H2,1-2H3. The topological polar surface area (TPSA) is 89.9 Å². The minimum atomic E-state index is -0.525. The SMILES string of the molecule is CCOC(C)c1nc(Cn2c(=O)c(C#N)c3n(c2=O)CCC3)cs1. The summed E-state index contributed by atoms with van der Waals surface area (Å²) in [6, 6.07) is 1.96. The van der Waals surface area contributed by atoms with Gasteiger partial charge in [0.05, 0.1) is 12.2 Å². The van der Waals surface area contributed by atoms with E-state index in [1.54, 1.807) is 0 Å². The zero-order valence-corrected chi connectivity index (χ0v) is 14.4. The van der Waals surface area contributed by atoms with Crippen molar-refractivity contribution in [2.75, 3.05) is 6.61 Å². The molecule has 24 heavy (non-hydrogen) atoms. The summed E-state index contributed by atoms with van der Waals surface area (Å²) in [6.45, 7) is 5.04. The highest BCUT2D eigenvalue weighted by atomic mass is 32.1. The predicted molar refractivity (Wildman–Crippen MR) is 89.3 cm³/mol. The lowest BCUT2D eigenvalue weighted by Gasteiger charge is -2.10. The average molecular weight is 346 g/mol. The van der Waals surface area contributed by atoms with Crippen LogP contribution in [0, 0.1) is 11.3 Å². The van der Waals surface area contributed by atoms with Crippen molar-refractivity contribution in [3.05, 3.63) is 48.2 Å². The zero-order valence-electron chi connectivity index (χ0n) is 13.6. The van der Waals surface area contributed by atoms with Gasteiger partial charge in [-0.15, -0.1) is 11.3 Å². The highest BCUT2D eigenvalue weighted by molar-refractivity contribution is 7.09. The number of thiazole rings is 1. The van der Waals surface area contributed by atoms with E-state index < -0.39 is 5.56 Å². The van der Waals surface area contributed by atoms with Gasteiger partial charge < -0.3 is 4.74 Å². The van der Waals surface area contributed by atoms with Gasteiger partial charge in [-0.2, -0.15) is 5.26 Å². The molecule has 7 nitrogen and oxygen atoms in total. The van der Waals surface area contributed by atoms with Gasteiger partial charge in [-0.1, -0.05) is 0 Å². The molecule has 0 fully saturated rings. The van der Waals surface area contributed by atoms with Crippen molar-refractivity contribution in [2.45, 2.75) is 45.9 Å². The molecule has 2 aromatic rings. The molecule has 0 saturated heterocycles. The van der Waals surface area contributed by atoms with Crippen LogP contribution < -0.4 is 11.2 Å². The Morgan fingerprint density at radius 1 is 1.50 bits per heavy atom. The lowest BCUT2D eigenvalue weighted by Crippen LogP contribution is -2.42. The number of aromatic nitrogens is 3. The maximum atomic E-state index is 12.6. The third-order valence-corrected chi connectivity index (χ3v) is 5.15. The van der Waals surface area contributed by atoms with Crippen molar-refractivity contribution >= 4 is 11.3 Å². The van der Waals surface area contributed by atoms with Crippen LogP contribution in [-0.4, -0.2) is 20.7 Å². The van der Waals surface area contributed by atoms with Crippen LogP contribution in [0.15, 0.2) is 15.0 Å². The Hall–Kier alpha value is -2.24. The van der Waals surface area contributed by atoms with E-state index in [1.807, 2.05) is 25.3 Å². The van der Waals surface area contributed by atoms with Crippen molar-refractivity contribution < 1.29 is 4.74 Å². The fraction of sp³-hybridized carbons (Fsp3) is 0.500. The zero-order chi connectivity index (χ0) is 17.3. The van der Waals surface area contributed by atoms with Crippen LogP contribution in [0.25, 0.3) is 0 Å². The van der Waals surface area contributed by atoms with Crippen molar-refractivity contribution in [3.63, 3.8) is 0 Å². The largest absolute Gasteiger partial charge is 0.372 e. The van der Waals surface area contributed by atoms with Crippen LogP contribution in [-0.2, 0) is 24.2 Å². The summed E-state index contributed by atoms with van der Waals surface area (Å²) < 4.78 is 8.15. The first-order chi connectivity index (χ1) is 11.6. The molecule has 0 saturated carbocycles. The fourth-order valence-corrected chi connectivity index (χ4v) is 3.77. The Balaban J connectivity index is 1.99. The Morgan fingerprint density at radius 3 is 3.00 bits per heavy atom. The minimum Gasteiger partial charge on any atom is -0.372 e. The van der Waals surface area contributed by atoms with Crippen LogP contribution in [0.3, 0.4) is 0 Å². The van der Waals surface area contributed by atoms with E-state index in [0.29, 0.717) is 31.0 Å². The molecule has 2 aromatic heterocycles. The number of nitrogens with zero attached hydrogens (tertiary/aromatic N) is 4. The summed E-state index contributed by atoms with van der Waals surface area (Å²) in [5, 5.41) is 11.9. The number of ether oxygens (including phenoxy) is 1. The number of hydrogen-bond acceptors (Lipinski definition) is 6. The van der Waals surface area contributed by atoms with Gasteiger partial charge in [0.25, 0.3) is 5.56 Å². The average Bonchev–Trinajstić information content (AvgIpc) is 3.22. The molecule has 3 heterocycles. The van der Waals surface area contributed by atoms with Crippen LogP contribution in [0.4, 0.5) is 0 Å². The van der Waals surface area contributed by atoms with Crippen molar-refractivity contribution in [3.8, 4) is 6.07 Å². The van der Waals surface area contributed by atoms with Crippen LogP contribution in [0.2, 0.25) is 0 Å². The second kappa shape index (κ2) is 6.71. The minimum absolute atomic E-state index is 0.0714. The van der Waals surface area contributed by atoms with Gasteiger partial charge in [0, 0.05) is 24.2 Å². The lowest BCUT2D eigenvalue weighted by atomic mass is 10.2. The molecule has 0 bridgehead atoms. The summed E-state index contributed by atoms with van der Waals surface area (Å²) >= 11 is 1.44. The van der Waals surface area contributed by atoms with Gasteiger partial charge in [0.15, 0.2) is 0 Å². The number of hydrogen-bond donors (Lipinski definition) is 0. The molecule has 1 aliphatic heterocycles. The molecule has 8 heteroatoms. The van der Waals surface area contributed by atoms with Gasteiger partial charge in [0.2, 0.25) is 0 Å². The molecule has 126 valence electrons. The third kappa shape index (κ3) is 2.81. The van der Waals surface area contributed by atoms with Gasteiger partial charge in [-0.05, 0) is 26.7 Å². The Kier molecular flexibility index (Phi) is 4.64. The van der Waals surface area contributed by atoms with E-state index in [1.165, 1.54) is 15.9 Å². The Bertz CT molecular complexity index is 919. The normalized spacial score (nSPS) is 14.4. The highest BCUT2D eigenvalue weighted by Crippen LogP contribution is 2.21. The molecule has 0 spiro atoms. The van der Waals surface area contributed by atoms with E-state index in [2.05, 4.69) is 4.98 Å². The summed E-state index contributed by atoms with van der Waals surface area (Å²) in [7, 11) is 0. The molecule has 0 aliphatic carbocycles. The molecule has 0 N–H and O–H groups in total. The first-order valence-electron chi connectivity index (χ1n) is 7.89. The number of fused-ring (bicyclic) bond motifs is 1. The molecule has 3 rings (SSSR count). The summed E-state index contributed by atoms with van der Waals surface area (Å²) in [6.07, 6.45) is 1.25. The lowest BCUT2D eigenvalue weighted by molar-refractivity contribution is 0.0761. The van der Waals surface area contributed by atoms with E-state index >= 15 is 0 Å². The van der Waals surface area contributed by atoms with E-state index in [-0.39, 0.29) is 23.9 Å². The van der Waals surface area contributed by atoms with Crippen molar-refractivity contribution in [1.29, 1.82) is 5.26 Å². The molecule has 0 aromatic carbocycles. The quantitative estimate of drug-likeness (QED) is 0.817. The fourth-order valence-electron chi connectivity index (χ4n) is 2.95.